The van der Waals surface area contributed by atoms with E-state index in [1.54, 1.807) is 0 Å². The van der Waals surface area contributed by atoms with Crippen LogP contribution >= 0.6 is 0 Å². The Hall–Kier alpha value is -6.64. The predicted molar refractivity (Wildman–Crippen MR) is 210 cm³/mol. The van der Waals surface area contributed by atoms with Gasteiger partial charge in [0.1, 0.15) is 22.3 Å². The van der Waals surface area contributed by atoms with Crippen molar-refractivity contribution in [2.45, 2.75) is 0 Å². The van der Waals surface area contributed by atoms with Crippen molar-refractivity contribution < 1.29 is 8.83 Å². The van der Waals surface area contributed by atoms with E-state index in [0.717, 1.165) is 65.8 Å². The lowest BCUT2D eigenvalue weighted by Gasteiger charge is -2.18. The number of hydrogen-bond acceptors (Lipinski definition) is 2. The van der Waals surface area contributed by atoms with E-state index in [0.29, 0.717) is 0 Å². The second kappa shape index (κ2) is 10.4. The Bertz CT molecular complexity index is 2990. The molecular formula is C48H28O2. The minimum atomic E-state index is 0.847. The van der Waals surface area contributed by atoms with Gasteiger partial charge in [0, 0.05) is 27.1 Å². The Balaban J connectivity index is 1.23. The van der Waals surface area contributed by atoms with Gasteiger partial charge < -0.3 is 8.83 Å². The summed E-state index contributed by atoms with van der Waals surface area (Å²) in [6, 6.07) is 60.7. The fourth-order valence-corrected chi connectivity index (χ4v) is 8.27. The molecule has 50 heavy (non-hydrogen) atoms. The third-order valence-electron chi connectivity index (χ3n) is 10.5. The highest BCUT2D eigenvalue weighted by atomic mass is 16.3. The zero-order valence-corrected chi connectivity index (χ0v) is 27.0. The molecule has 0 atom stereocenters. The smallest absolute Gasteiger partial charge is 0.147 e. The Kier molecular flexibility index (Phi) is 5.70. The molecule has 9 aromatic carbocycles. The normalized spacial score (nSPS) is 12.0. The van der Waals surface area contributed by atoms with Crippen LogP contribution in [0.1, 0.15) is 0 Å². The van der Waals surface area contributed by atoms with E-state index in [9.17, 15) is 0 Å². The van der Waals surface area contributed by atoms with Gasteiger partial charge in [0.2, 0.25) is 0 Å². The summed E-state index contributed by atoms with van der Waals surface area (Å²) < 4.78 is 13.6. The Morgan fingerprint density at radius 2 is 0.720 bits per heavy atom. The summed E-state index contributed by atoms with van der Waals surface area (Å²) >= 11 is 0. The first-order chi connectivity index (χ1) is 24.8. The predicted octanol–water partition coefficient (Wildman–Crippen LogP) is 13.9. The molecule has 0 aliphatic heterocycles. The average Bonchev–Trinajstić information content (AvgIpc) is 3.74. The molecule has 11 rings (SSSR count). The fraction of sp³-hybridized carbons (Fsp3) is 0. The molecule has 2 aromatic heterocycles. The largest absolute Gasteiger partial charge is 0.455 e. The molecule has 0 amide bonds. The van der Waals surface area contributed by atoms with Crippen molar-refractivity contribution in [1.82, 2.24) is 0 Å². The molecule has 11 aromatic rings. The van der Waals surface area contributed by atoms with Crippen LogP contribution in [0.5, 0.6) is 0 Å². The lowest BCUT2D eigenvalue weighted by atomic mass is 9.84. The van der Waals surface area contributed by atoms with Gasteiger partial charge in [0.05, 0.1) is 5.56 Å². The zero-order valence-electron chi connectivity index (χ0n) is 27.0. The minimum Gasteiger partial charge on any atom is -0.455 e. The van der Waals surface area contributed by atoms with Gasteiger partial charge in [0.15, 0.2) is 0 Å². The van der Waals surface area contributed by atoms with E-state index in [4.69, 9.17) is 8.83 Å². The Morgan fingerprint density at radius 1 is 0.280 bits per heavy atom. The molecule has 2 heterocycles. The van der Waals surface area contributed by atoms with Crippen molar-refractivity contribution in [3.63, 3.8) is 0 Å². The van der Waals surface area contributed by atoms with Gasteiger partial charge in [-0.25, -0.2) is 0 Å². The Labute approximate surface area is 287 Å². The molecule has 0 saturated carbocycles. The first kappa shape index (κ1) is 27.3. The second-order valence-electron chi connectivity index (χ2n) is 13.1. The highest BCUT2D eigenvalue weighted by Crippen LogP contribution is 2.50. The maximum atomic E-state index is 6.78. The monoisotopic (exact) mass is 636 g/mol. The van der Waals surface area contributed by atoms with Gasteiger partial charge in [-0.1, -0.05) is 152 Å². The van der Waals surface area contributed by atoms with E-state index in [2.05, 4.69) is 158 Å². The molecule has 0 radical (unpaired) electrons. The SMILES string of the molecule is c1ccc2c(-c3ccc(-c4c5ccccc5c(-c5c6oc7ccccc7c6cc6c5oc5ccccc56)c5ccccc45)cc3)cccc2c1. The van der Waals surface area contributed by atoms with Crippen LogP contribution in [0.25, 0.3) is 110 Å². The molecule has 0 bridgehead atoms. The molecule has 0 aliphatic carbocycles. The lowest BCUT2D eigenvalue weighted by molar-refractivity contribution is 0.658. The number of para-hydroxylation sites is 2. The standard InChI is InChI=1S/C48H28O2/c1-2-14-32-29(12-1)13-11-21-33(32)30-24-26-31(27-25-30)44-36-17-3-5-19-38(36)45(39-20-6-4-18-37(39)44)46-47-40(34-15-7-9-22-42(34)49-47)28-41-35-16-8-10-23-43(35)50-48(41)46/h1-28H. The van der Waals surface area contributed by atoms with Crippen LogP contribution in [0, 0.1) is 0 Å². The molecule has 0 fully saturated rings. The quantitative estimate of drug-likeness (QED) is 0.180. The van der Waals surface area contributed by atoms with Gasteiger partial charge >= 0.3 is 0 Å². The summed E-state index contributed by atoms with van der Waals surface area (Å²) in [6.07, 6.45) is 0. The van der Waals surface area contributed by atoms with Crippen molar-refractivity contribution in [3.8, 4) is 33.4 Å². The van der Waals surface area contributed by atoms with Crippen molar-refractivity contribution in [3.05, 3.63) is 170 Å². The van der Waals surface area contributed by atoms with Crippen LogP contribution in [0.2, 0.25) is 0 Å². The molecular weight excluding hydrogens is 609 g/mol. The summed E-state index contributed by atoms with van der Waals surface area (Å²) in [5, 5.41) is 11.6. The lowest BCUT2D eigenvalue weighted by Crippen LogP contribution is -1.92. The van der Waals surface area contributed by atoms with Gasteiger partial charge in [-0.05, 0) is 72.8 Å². The fourth-order valence-electron chi connectivity index (χ4n) is 8.27. The second-order valence-corrected chi connectivity index (χ2v) is 13.1. The first-order valence-corrected chi connectivity index (χ1v) is 17.1. The molecule has 2 nitrogen and oxygen atoms in total. The molecule has 0 saturated heterocycles. The van der Waals surface area contributed by atoms with E-state index in [1.165, 1.54) is 43.8 Å². The number of hydrogen-bond donors (Lipinski definition) is 0. The summed E-state index contributed by atoms with van der Waals surface area (Å²) in [5.41, 5.74) is 10.4. The van der Waals surface area contributed by atoms with Crippen LogP contribution in [-0.2, 0) is 0 Å². The molecule has 0 aliphatic rings. The van der Waals surface area contributed by atoms with E-state index < -0.39 is 0 Å². The minimum absolute atomic E-state index is 0.847. The average molecular weight is 637 g/mol. The molecule has 232 valence electrons. The van der Waals surface area contributed by atoms with E-state index in [-0.39, 0.29) is 0 Å². The Morgan fingerprint density at radius 3 is 1.30 bits per heavy atom. The zero-order chi connectivity index (χ0) is 32.8. The topological polar surface area (TPSA) is 26.3 Å². The van der Waals surface area contributed by atoms with Crippen molar-refractivity contribution in [1.29, 1.82) is 0 Å². The summed E-state index contributed by atoms with van der Waals surface area (Å²) in [6.45, 7) is 0. The number of rotatable bonds is 3. The summed E-state index contributed by atoms with van der Waals surface area (Å²) in [5.74, 6) is 0. The third-order valence-corrected chi connectivity index (χ3v) is 10.5. The maximum absolute atomic E-state index is 6.78. The number of furan rings is 2. The molecule has 0 unspecified atom stereocenters. The number of fused-ring (bicyclic) bond motifs is 9. The first-order valence-electron chi connectivity index (χ1n) is 17.1. The molecule has 0 spiro atoms. The molecule has 2 heteroatoms. The van der Waals surface area contributed by atoms with Crippen LogP contribution in [-0.4, -0.2) is 0 Å². The van der Waals surface area contributed by atoms with E-state index in [1.807, 2.05) is 12.1 Å². The highest BCUT2D eigenvalue weighted by Gasteiger charge is 2.25. The summed E-state index contributed by atoms with van der Waals surface area (Å²) in [7, 11) is 0. The summed E-state index contributed by atoms with van der Waals surface area (Å²) in [4.78, 5) is 0. The van der Waals surface area contributed by atoms with Gasteiger partial charge in [-0.15, -0.1) is 0 Å². The van der Waals surface area contributed by atoms with Crippen LogP contribution in [0.15, 0.2) is 179 Å². The maximum Gasteiger partial charge on any atom is 0.147 e. The van der Waals surface area contributed by atoms with Gasteiger partial charge in [-0.3, -0.25) is 0 Å². The number of benzene rings is 9. The van der Waals surface area contributed by atoms with Crippen molar-refractivity contribution >= 4 is 76.2 Å². The van der Waals surface area contributed by atoms with Gasteiger partial charge in [0.25, 0.3) is 0 Å². The van der Waals surface area contributed by atoms with E-state index >= 15 is 0 Å². The third kappa shape index (κ3) is 3.85. The van der Waals surface area contributed by atoms with Crippen molar-refractivity contribution in [2.24, 2.45) is 0 Å². The van der Waals surface area contributed by atoms with Crippen LogP contribution < -0.4 is 0 Å². The van der Waals surface area contributed by atoms with Crippen molar-refractivity contribution in [2.75, 3.05) is 0 Å². The highest BCUT2D eigenvalue weighted by molar-refractivity contribution is 6.29. The van der Waals surface area contributed by atoms with Gasteiger partial charge in [-0.2, -0.15) is 0 Å². The molecule has 0 N–H and O–H groups in total. The van der Waals surface area contributed by atoms with Crippen LogP contribution in [0.4, 0.5) is 0 Å². The van der Waals surface area contributed by atoms with Crippen LogP contribution in [0.3, 0.4) is 0 Å².